The summed E-state index contributed by atoms with van der Waals surface area (Å²) in [6.07, 6.45) is 0. The zero-order chi connectivity index (χ0) is 15.2. The minimum Gasteiger partial charge on any atom is -0.496 e. The molecule has 3 N–H and O–H groups in total. The zero-order valence-electron chi connectivity index (χ0n) is 11.4. The summed E-state index contributed by atoms with van der Waals surface area (Å²) >= 11 is 7.28. The van der Waals surface area contributed by atoms with Gasteiger partial charge in [-0.25, -0.2) is 0 Å². The van der Waals surface area contributed by atoms with Crippen LogP contribution in [0, 0.1) is 0 Å². The molecule has 0 unspecified atom stereocenters. The molecule has 0 radical (unpaired) electrons. The average Bonchev–Trinajstić information content (AvgIpc) is 2.49. The van der Waals surface area contributed by atoms with Gasteiger partial charge in [0.25, 0.3) is 0 Å². The molecule has 0 saturated heterocycles. The van der Waals surface area contributed by atoms with E-state index < -0.39 is 0 Å². The molecule has 6 heteroatoms. The molecule has 1 amide bonds. The number of halogens is 1. The Bertz CT molecular complexity index is 649. The molecular formula is C15H15ClN2O2S. The van der Waals surface area contributed by atoms with Gasteiger partial charge in [0.2, 0.25) is 5.91 Å². The molecule has 0 aliphatic heterocycles. The van der Waals surface area contributed by atoms with Crippen LogP contribution in [0.15, 0.2) is 47.4 Å². The quantitative estimate of drug-likeness (QED) is 0.651. The molecule has 21 heavy (non-hydrogen) atoms. The van der Waals surface area contributed by atoms with Gasteiger partial charge in [0, 0.05) is 9.92 Å². The number of anilines is 2. The van der Waals surface area contributed by atoms with Crippen molar-refractivity contribution >= 4 is 40.6 Å². The lowest BCUT2D eigenvalue weighted by Gasteiger charge is -2.10. The summed E-state index contributed by atoms with van der Waals surface area (Å²) in [6.45, 7) is 0. The number of carbonyl (C=O) groups excluding carboxylic acids is 1. The van der Waals surface area contributed by atoms with Crippen LogP contribution in [0.4, 0.5) is 11.4 Å². The van der Waals surface area contributed by atoms with Crippen molar-refractivity contribution in [2.75, 3.05) is 23.9 Å². The van der Waals surface area contributed by atoms with Gasteiger partial charge in [0.15, 0.2) is 0 Å². The lowest BCUT2D eigenvalue weighted by Crippen LogP contribution is -2.15. The number of nitrogen functional groups attached to an aromatic ring is 1. The molecule has 0 aliphatic rings. The van der Waals surface area contributed by atoms with Crippen LogP contribution in [0.5, 0.6) is 5.75 Å². The van der Waals surface area contributed by atoms with Gasteiger partial charge < -0.3 is 15.8 Å². The Labute approximate surface area is 132 Å². The van der Waals surface area contributed by atoms with Crippen molar-refractivity contribution in [2.45, 2.75) is 4.90 Å². The van der Waals surface area contributed by atoms with Gasteiger partial charge in [-0.15, -0.1) is 11.8 Å². The van der Waals surface area contributed by atoms with Gasteiger partial charge in [-0.2, -0.15) is 0 Å². The van der Waals surface area contributed by atoms with Crippen LogP contribution in [0.1, 0.15) is 0 Å². The molecule has 0 bridgehead atoms. The largest absolute Gasteiger partial charge is 0.496 e. The first-order chi connectivity index (χ1) is 10.1. The third-order valence-corrected chi connectivity index (χ3v) is 4.01. The molecule has 0 fully saturated rings. The Hall–Kier alpha value is -1.85. The molecule has 2 aromatic rings. The number of para-hydroxylation sites is 1. The van der Waals surface area contributed by atoms with Crippen molar-refractivity contribution in [2.24, 2.45) is 0 Å². The first-order valence-electron chi connectivity index (χ1n) is 6.21. The van der Waals surface area contributed by atoms with Crippen molar-refractivity contribution < 1.29 is 9.53 Å². The van der Waals surface area contributed by atoms with Crippen molar-refractivity contribution in [3.05, 3.63) is 47.5 Å². The average molecular weight is 323 g/mol. The van der Waals surface area contributed by atoms with Crippen LogP contribution in [0.3, 0.4) is 0 Å². The van der Waals surface area contributed by atoms with Gasteiger partial charge in [-0.05, 0) is 30.3 Å². The highest BCUT2D eigenvalue weighted by Crippen LogP contribution is 2.29. The predicted octanol–water partition coefficient (Wildman–Crippen LogP) is 3.66. The number of rotatable bonds is 5. The molecule has 2 rings (SSSR count). The number of nitrogens with two attached hydrogens (primary N) is 1. The summed E-state index contributed by atoms with van der Waals surface area (Å²) in [7, 11) is 1.60. The summed E-state index contributed by atoms with van der Waals surface area (Å²) in [5.41, 5.74) is 6.79. The molecule has 0 heterocycles. The van der Waals surface area contributed by atoms with E-state index in [1.54, 1.807) is 25.3 Å². The van der Waals surface area contributed by atoms with E-state index in [2.05, 4.69) is 5.32 Å². The Kier molecular flexibility index (Phi) is 5.36. The number of thioether (sulfide) groups is 1. The standard InChI is InChI=1S/C15H15ClN2O2S/c1-20-13-4-2-3-5-14(13)21-9-15(19)18-12-8-10(16)6-7-11(12)17/h2-8H,9,17H2,1H3,(H,18,19). The van der Waals surface area contributed by atoms with E-state index in [-0.39, 0.29) is 11.7 Å². The van der Waals surface area contributed by atoms with E-state index in [4.69, 9.17) is 22.1 Å². The number of benzene rings is 2. The SMILES string of the molecule is COc1ccccc1SCC(=O)Nc1cc(Cl)ccc1N. The second-order valence-corrected chi connectivity index (χ2v) is 5.67. The fourth-order valence-corrected chi connectivity index (χ4v) is 2.70. The highest BCUT2D eigenvalue weighted by Gasteiger charge is 2.09. The van der Waals surface area contributed by atoms with Crippen LogP contribution in [0.25, 0.3) is 0 Å². The predicted molar refractivity (Wildman–Crippen MR) is 88.2 cm³/mol. The lowest BCUT2D eigenvalue weighted by atomic mass is 10.2. The molecular weight excluding hydrogens is 308 g/mol. The Morgan fingerprint density at radius 3 is 2.86 bits per heavy atom. The normalized spacial score (nSPS) is 10.2. The fourth-order valence-electron chi connectivity index (χ4n) is 1.70. The zero-order valence-corrected chi connectivity index (χ0v) is 13.0. The second-order valence-electron chi connectivity index (χ2n) is 4.22. The number of hydrogen-bond donors (Lipinski definition) is 2. The summed E-state index contributed by atoms with van der Waals surface area (Å²) in [6, 6.07) is 12.5. The van der Waals surface area contributed by atoms with Gasteiger partial charge in [0.05, 0.1) is 24.2 Å². The summed E-state index contributed by atoms with van der Waals surface area (Å²) in [5, 5.41) is 3.27. The van der Waals surface area contributed by atoms with Gasteiger partial charge >= 0.3 is 0 Å². The third kappa shape index (κ3) is 4.31. The highest BCUT2D eigenvalue weighted by molar-refractivity contribution is 8.00. The maximum atomic E-state index is 12.0. The maximum absolute atomic E-state index is 12.0. The van der Waals surface area contributed by atoms with Crippen LogP contribution < -0.4 is 15.8 Å². The van der Waals surface area contributed by atoms with Gasteiger partial charge in [0.1, 0.15) is 5.75 Å². The fraction of sp³-hybridized carbons (Fsp3) is 0.133. The van der Waals surface area contributed by atoms with Crippen LogP contribution >= 0.6 is 23.4 Å². The lowest BCUT2D eigenvalue weighted by molar-refractivity contribution is -0.113. The molecule has 0 spiro atoms. The third-order valence-electron chi connectivity index (χ3n) is 2.72. The van der Waals surface area contributed by atoms with E-state index in [0.717, 1.165) is 10.6 Å². The van der Waals surface area contributed by atoms with Crippen molar-refractivity contribution in [1.82, 2.24) is 0 Å². The Morgan fingerprint density at radius 1 is 1.33 bits per heavy atom. The molecule has 0 saturated carbocycles. The first kappa shape index (κ1) is 15.5. The van der Waals surface area contributed by atoms with Crippen LogP contribution in [-0.2, 0) is 4.79 Å². The van der Waals surface area contributed by atoms with Crippen molar-refractivity contribution in [3.63, 3.8) is 0 Å². The van der Waals surface area contributed by atoms with Crippen LogP contribution in [-0.4, -0.2) is 18.8 Å². The van der Waals surface area contributed by atoms with Crippen LogP contribution in [0.2, 0.25) is 5.02 Å². The van der Waals surface area contributed by atoms with E-state index in [0.29, 0.717) is 16.4 Å². The molecule has 4 nitrogen and oxygen atoms in total. The number of amides is 1. The van der Waals surface area contributed by atoms with Crippen molar-refractivity contribution in [3.8, 4) is 5.75 Å². The van der Waals surface area contributed by atoms with E-state index in [1.807, 2.05) is 24.3 Å². The highest BCUT2D eigenvalue weighted by atomic mass is 35.5. The van der Waals surface area contributed by atoms with E-state index in [9.17, 15) is 4.79 Å². The Morgan fingerprint density at radius 2 is 2.10 bits per heavy atom. The number of nitrogens with one attached hydrogen (secondary N) is 1. The monoisotopic (exact) mass is 322 g/mol. The second kappa shape index (κ2) is 7.24. The number of hydrogen-bond acceptors (Lipinski definition) is 4. The number of ether oxygens (including phenoxy) is 1. The Balaban J connectivity index is 1.97. The number of carbonyl (C=O) groups is 1. The minimum atomic E-state index is -0.153. The molecule has 110 valence electrons. The maximum Gasteiger partial charge on any atom is 0.234 e. The minimum absolute atomic E-state index is 0.153. The number of methoxy groups -OCH3 is 1. The summed E-state index contributed by atoms with van der Waals surface area (Å²) in [4.78, 5) is 12.9. The van der Waals surface area contributed by atoms with Crippen molar-refractivity contribution in [1.29, 1.82) is 0 Å². The molecule has 2 aromatic carbocycles. The first-order valence-corrected chi connectivity index (χ1v) is 7.57. The van der Waals surface area contributed by atoms with E-state index >= 15 is 0 Å². The molecule has 0 atom stereocenters. The summed E-state index contributed by atoms with van der Waals surface area (Å²) < 4.78 is 5.24. The molecule has 0 aromatic heterocycles. The topological polar surface area (TPSA) is 64.3 Å². The molecule has 0 aliphatic carbocycles. The van der Waals surface area contributed by atoms with Gasteiger partial charge in [-0.3, -0.25) is 4.79 Å². The van der Waals surface area contributed by atoms with E-state index in [1.165, 1.54) is 11.8 Å². The smallest absolute Gasteiger partial charge is 0.234 e. The summed E-state index contributed by atoms with van der Waals surface area (Å²) in [5.74, 6) is 0.851. The van der Waals surface area contributed by atoms with Gasteiger partial charge in [-0.1, -0.05) is 23.7 Å².